The maximum absolute atomic E-state index is 11.4. The van der Waals surface area contributed by atoms with Gasteiger partial charge in [-0.05, 0) is 35.0 Å². The van der Waals surface area contributed by atoms with Crippen molar-refractivity contribution in [3.8, 4) is 0 Å². The van der Waals surface area contributed by atoms with Crippen LogP contribution in [0.4, 0.5) is 5.13 Å². The van der Waals surface area contributed by atoms with Gasteiger partial charge in [-0.2, -0.15) is 0 Å². The van der Waals surface area contributed by atoms with Gasteiger partial charge in [-0.3, -0.25) is 4.79 Å². The van der Waals surface area contributed by atoms with Crippen LogP contribution in [0.2, 0.25) is 5.02 Å². The molecule has 1 N–H and O–H groups in total. The molecule has 0 fully saturated rings. The minimum Gasteiger partial charge on any atom is -0.301 e. The molecule has 0 radical (unpaired) electrons. The highest BCUT2D eigenvalue weighted by Gasteiger charge is 2.13. The molecule has 0 aliphatic heterocycles. The molecule has 1 aromatic heterocycles. The maximum atomic E-state index is 11.4. The predicted octanol–water partition coefficient (Wildman–Crippen LogP) is 4.28. The fourth-order valence-corrected chi connectivity index (χ4v) is 3.30. The fraction of sp³-hybridized carbons (Fsp3) is 0.200. The average Bonchev–Trinajstić information content (AvgIpc) is 2.60. The zero-order chi connectivity index (χ0) is 12.6. The van der Waals surface area contributed by atoms with Gasteiger partial charge < -0.3 is 5.32 Å². The third kappa shape index (κ3) is 2.91. The molecule has 1 aromatic carbocycles. The lowest BCUT2D eigenvalue weighted by Crippen LogP contribution is -2.19. The van der Waals surface area contributed by atoms with Crippen LogP contribution in [0.25, 0.3) is 10.2 Å². The summed E-state index contributed by atoms with van der Waals surface area (Å²) in [4.78, 5) is 15.7. The Bertz CT molecular complexity index is 585. The summed E-state index contributed by atoms with van der Waals surface area (Å²) < 4.78 is 1.71. The first-order valence-electron chi connectivity index (χ1n) is 4.68. The highest BCUT2D eigenvalue weighted by molar-refractivity contribution is 9.10. The second kappa shape index (κ2) is 5.10. The summed E-state index contributed by atoms with van der Waals surface area (Å²) in [7, 11) is 0. The molecule has 1 amide bonds. The van der Waals surface area contributed by atoms with Gasteiger partial charge >= 0.3 is 0 Å². The zero-order valence-electron chi connectivity index (χ0n) is 8.63. The summed E-state index contributed by atoms with van der Waals surface area (Å²) >= 11 is 16.3. The second-order valence-corrected chi connectivity index (χ2v) is 6.33. The van der Waals surface area contributed by atoms with E-state index in [1.807, 2.05) is 0 Å². The van der Waals surface area contributed by atoms with Gasteiger partial charge in [0.1, 0.15) is 5.38 Å². The fourth-order valence-electron chi connectivity index (χ4n) is 1.22. The molecular weight excluding hydrogens is 347 g/mol. The Hall–Kier alpha value is -0.360. The van der Waals surface area contributed by atoms with Gasteiger partial charge in [0.15, 0.2) is 5.13 Å². The van der Waals surface area contributed by atoms with Crippen molar-refractivity contribution in [1.82, 2.24) is 4.98 Å². The molecule has 0 saturated carbocycles. The highest BCUT2D eigenvalue weighted by atomic mass is 79.9. The van der Waals surface area contributed by atoms with Gasteiger partial charge in [0.05, 0.1) is 10.2 Å². The molecule has 0 aliphatic rings. The smallest absolute Gasteiger partial charge is 0.243 e. The first-order chi connectivity index (χ1) is 7.97. The van der Waals surface area contributed by atoms with E-state index in [9.17, 15) is 4.79 Å². The number of amides is 1. The summed E-state index contributed by atoms with van der Waals surface area (Å²) in [5.74, 6) is -0.270. The molecule has 0 saturated heterocycles. The van der Waals surface area contributed by atoms with Crippen LogP contribution in [-0.2, 0) is 4.79 Å². The number of carbonyl (C=O) groups is 1. The van der Waals surface area contributed by atoms with E-state index in [2.05, 4.69) is 26.2 Å². The summed E-state index contributed by atoms with van der Waals surface area (Å²) in [5, 5.41) is 3.20. The van der Waals surface area contributed by atoms with Gasteiger partial charge in [-0.25, -0.2) is 4.98 Å². The summed E-state index contributed by atoms with van der Waals surface area (Å²) in [6, 6.07) is 3.57. The molecule has 2 rings (SSSR count). The van der Waals surface area contributed by atoms with Crippen LogP contribution in [0.15, 0.2) is 16.6 Å². The second-order valence-electron chi connectivity index (χ2n) is 3.36. The summed E-state index contributed by atoms with van der Waals surface area (Å²) in [6.07, 6.45) is 0. The summed E-state index contributed by atoms with van der Waals surface area (Å²) in [5.41, 5.74) is 0.775. The van der Waals surface area contributed by atoms with Crippen molar-refractivity contribution >= 4 is 71.7 Å². The Morgan fingerprint density at radius 2 is 2.29 bits per heavy atom. The van der Waals surface area contributed by atoms with Crippen molar-refractivity contribution in [3.63, 3.8) is 0 Å². The van der Waals surface area contributed by atoms with E-state index in [1.165, 1.54) is 11.3 Å². The van der Waals surface area contributed by atoms with Gasteiger partial charge in [-0.1, -0.05) is 22.9 Å². The number of halogens is 3. The normalized spacial score (nSPS) is 12.7. The van der Waals surface area contributed by atoms with E-state index in [0.717, 1.165) is 14.7 Å². The van der Waals surface area contributed by atoms with Crippen LogP contribution in [0.5, 0.6) is 0 Å². The van der Waals surface area contributed by atoms with Crippen molar-refractivity contribution in [2.75, 3.05) is 5.32 Å². The molecule has 7 heteroatoms. The Balaban J connectivity index is 2.38. The number of anilines is 1. The predicted molar refractivity (Wildman–Crippen MR) is 76.3 cm³/mol. The molecule has 1 heterocycles. The van der Waals surface area contributed by atoms with E-state index in [-0.39, 0.29) is 5.91 Å². The minimum absolute atomic E-state index is 0.270. The zero-order valence-corrected chi connectivity index (χ0v) is 12.5. The van der Waals surface area contributed by atoms with Crippen LogP contribution in [0.3, 0.4) is 0 Å². The number of hydrogen-bond donors (Lipinski definition) is 1. The average molecular weight is 354 g/mol. The SMILES string of the molecule is CC(Cl)C(=O)Nc1nc2c(Br)cc(Cl)cc2s1. The molecular formula is C10H7BrCl2N2OS. The Morgan fingerprint density at radius 3 is 2.94 bits per heavy atom. The van der Waals surface area contributed by atoms with Gasteiger partial charge in [0.25, 0.3) is 0 Å². The Morgan fingerprint density at radius 1 is 1.59 bits per heavy atom. The van der Waals surface area contributed by atoms with Gasteiger partial charge in [-0.15, -0.1) is 11.6 Å². The van der Waals surface area contributed by atoms with E-state index in [1.54, 1.807) is 19.1 Å². The molecule has 1 unspecified atom stereocenters. The standard InChI is InChI=1S/C10H7BrCl2N2OS/c1-4(12)9(16)15-10-14-8-6(11)2-5(13)3-7(8)17-10/h2-4H,1H3,(H,14,15,16). The maximum Gasteiger partial charge on any atom is 0.243 e. The molecule has 3 nitrogen and oxygen atoms in total. The third-order valence-corrected chi connectivity index (χ3v) is 3.94. The van der Waals surface area contributed by atoms with Gasteiger partial charge in [0, 0.05) is 9.50 Å². The number of alkyl halides is 1. The molecule has 90 valence electrons. The number of hydrogen-bond acceptors (Lipinski definition) is 3. The molecule has 17 heavy (non-hydrogen) atoms. The first-order valence-corrected chi connectivity index (χ1v) is 7.10. The van der Waals surface area contributed by atoms with Gasteiger partial charge in [0.2, 0.25) is 5.91 Å². The Kier molecular flexibility index (Phi) is 3.92. The van der Waals surface area contributed by atoms with Crippen LogP contribution < -0.4 is 5.32 Å². The lowest BCUT2D eigenvalue weighted by Gasteiger charge is -2.01. The molecule has 0 spiro atoms. The molecule has 0 bridgehead atoms. The number of fused-ring (bicyclic) bond motifs is 1. The number of rotatable bonds is 2. The quantitative estimate of drug-likeness (QED) is 0.819. The number of thiazole rings is 1. The number of aromatic nitrogens is 1. The van der Waals surface area contributed by atoms with Crippen LogP contribution >= 0.6 is 50.5 Å². The van der Waals surface area contributed by atoms with E-state index in [4.69, 9.17) is 23.2 Å². The highest BCUT2D eigenvalue weighted by Crippen LogP contribution is 2.33. The number of carbonyl (C=O) groups excluding carboxylic acids is 1. The van der Waals surface area contributed by atoms with Crippen molar-refractivity contribution in [3.05, 3.63) is 21.6 Å². The number of benzene rings is 1. The largest absolute Gasteiger partial charge is 0.301 e. The lowest BCUT2D eigenvalue weighted by molar-refractivity contribution is -0.115. The van der Waals surface area contributed by atoms with E-state index >= 15 is 0 Å². The van der Waals surface area contributed by atoms with Crippen molar-refractivity contribution < 1.29 is 4.79 Å². The summed E-state index contributed by atoms with van der Waals surface area (Å²) in [6.45, 7) is 1.61. The topological polar surface area (TPSA) is 42.0 Å². The minimum atomic E-state index is -0.589. The Labute approximate surface area is 120 Å². The molecule has 1 atom stereocenters. The molecule has 2 aromatic rings. The number of nitrogens with zero attached hydrogens (tertiary/aromatic N) is 1. The number of nitrogens with one attached hydrogen (secondary N) is 1. The molecule has 0 aliphatic carbocycles. The van der Waals surface area contributed by atoms with Crippen molar-refractivity contribution in [1.29, 1.82) is 0 Å². The van der Waals surface area contributed by atoms with E-state index < -0.39 is 5.38 Å². The third-order valence-electron chi connectivity index (χ3n) is 2.00. The lowest BCUT2D eigenvalue weighted by atomic mass is 10.3. The van der Waals surface area contributed by atoms with E-state index in [0.29, 0.717) is 10.2 Å². The van der Waals surface area contributed by atoms with Crippen LogP contribution in [0.1, 0.15) is 6.92 Å². The monoisotopic (exact) mass is 352 g/mol. The van der Waals surface area contributed by atoms with Crippen LogP contribution in [-0.4, -0.2) is 16.3 Å². The van der Waals surface area contributed by atoms with Crippen molar-refractivity contribution in [2.24, 2.45) is 0 Å². The first kappa shape index (κ1) is 13.1. The van der Waals surface area contributed by atoms with Crippen molar-refractivity contribution in [2.45, 2.75) is 12.3 Å². The van der Waals surface area contributed by atoms with Crippen LogP contribution in [0, 0.1) is 0 Å².